The van der Waals surface area contributed by atoms with Crippen LogP contribution in [0.25, 0.3) is 0 Å². The van der Waals surface area contributed by atoms with Crippen molar-refractivity contribution in [2.45, 2.75) is 63.8 Å². The number of fused-ring (bicyclic) bond motifs is 1. The molecule has 3 nitrogen and oxygen atoms in total. The van der Waals surface area contributed by atoms with E-state index in [1.54, 1.807) is 12.1 Å². The SMILES string of the molecule is FC(F)(F)c1ccccc1CN(Cc1noc2c1CCCC2)C1CC1. The Balaban J connectivity index is 1.56. The van der Waals surface area contributed by atoms with E-state index in [1.807, 2.05) is 0 Å². The van der Waals surface area contributed by atoms with E-state index in [4.69, 9.17) is 4.52 Å². The first-order valence-corrected chi connectivity index (χ1v) is 8.88. The zero-order valence-electron chi connectivity index (χ0n) is 14.0. The molecule has 2 aliphatic carbocycles. The van der Waals surface area contributed by atoms with E-state index in [2.05, 4.69) is 10.1 Å². The minimum Gasteiger partial charge on any atom is -0.361 e. The molecule has 1 aromatic heterocycles. The summed E-state index contributed by atoms with van der Waals surface area (Å²) in [6, 6.07) is 6.21. The summed E-state index contributed by atoms with van der Waals surface area (Å²) in [6.45, 7) is 0.859. The van der Waals surface area contributed by atoms with Crippen LogP contribution in [0.1, 0.15) is 53.8 Å². The number of benzene rings is 1. The third-order valence-electron chi connectivity index (χ3n) is 5.14. The zero-order chi connectivity index (χ0) is 17.4. The summed E-state index contributed by atoms with van der Waals surface area (Å²) in [5.74, 6) is 0.965. The summed E-state index contributed by atoms with van der Waals surface area (Å²) in [7, 11) is 0. The maximum atomic E-state index is 13.3. The van der Waals surface area contributed by atoms with Crippen molar-refractivity contribution < 1.29 is 17.7 Å². The number of halogens is 3. The van der Waals surface area contributed by atoms with Crippen molar-refractivity contribution in [3.63, 3.8) is 0 Å². The molecule has 0 saturated heterocycles. The van der Waals surface area contributed by atoms with Crippen molar-refractivity contribution in [1.29, 1.82) is 0 Å². The van der Waals surface area contributed by atoms with Crippen molar-refractivity contribution in [1.82, 2.24) is 10.1 Å². The van der Waals surface area contributed by atoms with Crippen LogP contribution in [-0.4, -0.2) is 16.1 Å². The Kier molecular flexibility index (Phi) is 4.31. The molecule has 1 saturated carbocycles. The second-order valence-corrected chi connectivity index (χ2v) is 7.03. The Bertz CT molecular complexity index is 749. The van der Waals surface area contributed by atoms with E-state index >= 15 is 0 Å². The van der Waals surface area contributed by atoms with Crippen LogP contribution >= 0.6 is 0 Å². The van der Waals surface area contributed by atoms with Gasteiger partial charge in [-0.1, -0.05) is 23.4 Å². The maximum Gasteiger partial charge on any atom is 0.416 e. The number of hydrogen-bond donors (Lipinski definition) is 0. The molecule has 1 aromatic carbocycles. The lowest BCUT2D eigenvalue weighted by molar-refractivity contribution is -0.138. The first-order chi connectivity index (χ1) is 12.0. The molecule has 0 bridgehead atoms. The predicted octanol–water partition coefficient (Wildman–Crippen LogP) is 4.74. The van der Waals surface area contributed by atoms with Gasteiger partial charge in [0, 0.05) is 31.1 Å². The van der Waals surface area contributed by atoms with E-state index in [0.717, 1.165) is 50.0 Å². The molecule has 0 amide bonds. The highest BCUT2D eigenvalue weighted by Gasteiger charge is 2.36. The molecule has 134 valence electrons. The lowest BCUT2D eigenvalue weighted by Crippen LogP contribution is -2.27. The highest BCUT2D eigenvalue weighted by atomic mass is 19.4. The summed E-state index contributed by atoms with van der Waals surface area (Å²) in [6.07, 6.45) is 1.88. The molecule has 25 heavy (non-hydrogen) atoms. The number of aromatic nitrogens is 1. The fraction of sp³-hybridized carbons (Fsp3) is 0.526. The average Bonchev–Trinajstić information content (AvgIpc) is 3.36. The molecule has 0 spiro atoms. The molecule has 1 fully saturated rings. The second kappa shape index (κ2) is 6.48. The van der Waals surface area contributed by atoms with Gasteiger partial charge in [-0.3, -0.25) is 4.90 Å². The van der Waals surface area contributed by atoms with Crippen molar-refractivity contribution in [2.75, 3.05) is 0 Å². The van der Waals surface area contributed by atoms with Gasteiger partial charge in [0.05, 0.1) is 5.56 Å². The van der Waals surface area contributed by atoms with E-state index in [-0.39, 0.29) is 0 Å². The van der Waals surface area contributed by atoms with Gasteiger partial charge < -0.3 is 4.52 Å². The van der Waals surface area contributed by atoms with Gasteiger partial charge >= 0.3 is 6.18 Å². The minimum absolute atomic E-state index is 0.294. The molecule has 1 heterocycles. The summed E-state index contributed by atoms with van der Waals surface area (Å²) in [5, 5.41) is 4.22. The van der Waals surface area contributed by atoms with Gasteiger partial charge in [-0.15, -0.1) is 0 Å². The maximum absolute atomic E-state index is 13.3. The minimum atomic E-state index is -4.32. The molecule has 6 heteroatoms. The Morgan fingerprint density at radius 2 is 1.84 bits per heavy atom. The lowest BCUT2D eigenvalue weighted by atomic mass is 9.96. The Morgan fingerprint density at radius 3 is 2.60 bits per heavy atom. The fourth-order valence-electron chi connectivity index (χ4n) is 3.67. The Hall–Kier alpha value is -1.82. The topological polar surface area (TPSA) is 29.3 Å². The molecule has 0 unspecified atom stereocenters. The van der Waals surface area contributed by atoms with Crippen LogP contribution < -0.4 is 0 Å². The standard InChI is InChI=1S/C19H21F3N2O/c20-19(21,22)16-7-3-1-5-13(16)11-24(14-9-10-14)12-17-15-6-2-4-8-18(15)25-23-17/h1,3,5,7,14H,2,4,6,8-12H2. The molecule has 0 aliphatic heterocycles. The van der Waals surface area contributed by atoms with Crippen LogP contribution in [-0.2, 0) is 32.1 Å². The van der Waals surface area contributed by atoms with Gasteiger partial charge in [0.1, 0.15) is 11.5 Å². The highest BCUT2D eigenvalue weighted by Crippen LogP contribution is 2.36. The summed E-state index contributed by atoms with van der Waals surface area (Å²) < 4.78 is 45.3. The van der Waals surface area contributed by atoms with Gasteiger partial charge in [0.25, 0.3) is 0 Å². The quantitative estimate of drug-likeness (QED) is 0.780. The van der Waals surface area contributed by atoms with E-state index in [1.165, 1.54) is 17.7 Å². The molecular weight excluding hydrogens is 329 g/mol. The van der Waals surface area contributed by atoms with Crippen LogP contribution in [0.3, 0.4) is 0 Å². The molecule has 2 aliphatic rings. The number of aryl methyl sites for hydroxylation is 1. The number of nitrogens with zero attached hydrogens (tertiary/aromatic N) is 2. The largest absolute Gasteiger partial charge is 0.416 e. The fourth-order valence-corrected chi connectivity index (χ4v) is 3.67. The smallest absolute Gasteiger partial charge is 0.361 e. The zero-order valence-corrected chi connectivity index (χ0v) is 14.0. The summed E-state index contributed by atoms with van der Waals surface area (Å²) in [4.78, 5) is 2.12. The first-order valence-electron chi connectivity index (χ1n) is 8.88. The number of rotatable bonds is 5. The average molecular weight is 350 g/mol. The molecule has 0 N–H and O–H groups in total. The molecule has 0 atom stereocenters. The molecular formula is C19H21F3N2O. The van der Waals surface area contributed by atoms with Crippen molar-refractivity contribution in [2.24, 2.45) is 0 Å². The van der Waals surface area contributed by atoms with Crippen LogP contribution in [0.2, 0.25) is 0 Å². The van der Waals surface area contributed by atoms with Crippen LogP contribution in [0.15, 0.2) is 28.8 Å². The van der Waals surface area contributed by atoms with Gasteiger partial charge in [0.2, 0.25) is 0 Å². The van der Waals surface area contributed by atoms with Crippen LogP contribution in [0.4, 0.5) is 13.2 Å². The summed E-state index contributed by atoms with van der Waals surface area (Å²) in [5.41, 5.74) is 1.88. The number of hydrogen-bond acceptors (Lipinski definition) is 3. The van der Waals surface area contributed by atoms with Gasteiger partial charge in [0.15, 0.2) is 0 Å². The Morgan fingerprint density at radius 1 is 1.08 bits per heavy atom. The van der Waals surface area contributed by atoms with Crippen LogP contribution in [0.5, 0.6) is 0 Å². The van der Waals surface area contributed by atoms with Crippen LogP contribution in [0, 0.1) is 0 Å². The lowest BCUT2D eigenvalue weighted by Gasteiger charge is -2.23. The van der Waals surface area contributed by atoms with Gasteiger partial charge in [-0.05, 0) is 43.7 Å². The van der Waals surface area contributed by atoms with Crippen molar-refractivity contribution in [3.05, 3.63) is 52.4 Å². The second-order valence-electron chi connectivity index (χ2n) is 7.03. The highest BCUT2D eigenvalue weighted by molar-refractivity contribution is 5.30. The first kappa shape index (κ1) is 16.6. The molecule has 0 radical (unpaired) electrons. The normalized spacial score (nSPS) is 17.8. The van der Waals surface area contributed by atoms with E-state index in [0.29, 0.717) is 24.7 Å². The Labute approximate surface area is 144 Å². The molecule has 2 aromatic rings. The summed E-state index contributed by atoms with van der Waals surface area (Å²) >= 11 is 0. The van der Waals surface area contributed by atoms with Gasteiger partial charge in [-0.25, -0.2) is 0 Å². The van der Waals surface area contributed by atoms with E-state index < -0.39 is 11.7 Å². The molecule has 4 rings (SSSR count). The van der Waals surface area contributed by atoms with Crippen molar-refractivity contribution in [3.8, 4) is 0 Å². The van der Waals surface area contributed by atoms with Crippen molar-refractivity contribution >= 4 is 0 Å². The van der Waals surface area contributed by atoms with E-state index in [9.17, 15) is 13.2 Å². The van der Waals surface area contributed by atoms with Gasteiger partial charge in [-0.2, -0.15) is 13.2 Å². The third kappa shape index (κ3) is 3.59. The third-order valence-corrected chi connectivity index (χ3v) is 5.14. The number of alkyl halides is 3. The predicted molar refractivity (Wildman–Crippen MR) is 86.9 cm³/mol. The monoisotopic (exact) mass is 350 g/mol.